The van der Waals surface area contributed by atoms with Gasteiger partial charge in [-0.2, -0.15) is 5.26 Å². The Balaban J connectivity index is 2.40. The SMILES string of the molecule is Cc1ccc(C2(C)CC2C#N)c(C)c1. The largest absolute Gasteiger partial charge is 0.198 e. The fourth-order valence-electron chi connectivity index (χ4n) is 2.31. The first kappa shape index (κ1) is 9.27. The Labute approximate surface area is 85.4 Å². The van der Waals surface area contributed by atoms with Gasteiger partial charge in [-0.1, -0.05) is 30.7 Å². The molecule has 2 rings (SSSR count). The number of hydrogen-bond acceptors (Lipinski definition) is 1. The van der Waals surface area contributed by atoms with Gasteiger partial charge in [-0.15, -0.1) is 0 Å². The molecule has 1 nitrogen and oxygen atoms in total. The normalized spacial score (nSPS) is 29.7. The first-order chi connectivity index (χ1) is 6.58. The third-order valence-corrected chi connectivity index (χ3v) is 3.39. The predicted octanol–water partition coefficient (Wildman–Crippen LogP) is 3.10. The van der Waals surface area contributed by atoms with Crippen LogP contribution in [0.4, 0.5) is 0 Å². The second-order valence-corrected chi connectivity index (χ2v) is 4.62. The van der Waals surface area contributed by atoms with Gasteiger partial charge in [-0.25, -0.2) is 0 Å². The van der Waals surface area contributed by atoms with Crippen molar-refractivity contribution < 1.29 is 0 Å². The Morgan fingerprint density at radius 2 is 2.14 bits per heavy atom. The van der Waals surface area contributed by atoms with Crippen molar-refractivity contribution in [1.29, 1.82) is 5.26 Å². The van der Waals surface area contributed by atoms with Gasteiger partial charge in [0.05, 0.1) is 12.0 Å². The molecule has 1 aromatic carbocycles. The summed E-state index contributed by atoms with van der Waals surface area (Å²) >= 11 is 0. The van der Waals surface area contributed by atoms with Crippen molar-refractivity contribution in [2.24, 2.45) is 5.92 Å². The molecule has 0 amide bonds. The van der Waals surface area contributed by atoms with Gasteiger partial charge >= 0.3 is 0 Å². The van der Waals surface area contributed by atoms with Crippen LogP contribution in [0.2, 0.25) is 0 Å². The van der Waals surface area contributed by atoms with Crippen LogP contribution < -0.4 is 0 Å². The molecule has 1 heteroatoms. The number of rotatable bonds is 1. The van der Waals surface area contributed by atoms with Crippen LogP contribution in [0.5, 0.6) is 0 Å². The van der Waals surface area contributed by atoms with E-state index in [9.17, 15) is 0 Å². The molecule has 1 fully saturated rings. The Morgan fingerprint density at radius 1 is 1.43 bits per heavy atom. The lowest BCUT2D eigenvalue weighted by Gasteiger charge is -2.13. The van der Waals surface area contributed by atoms with Crippen molar-refractivity contribution in [2.75, 3.05) is 0 Å². The zero-order valence-electron chi connectivity index (χ0n) is 8.96. The zero-order chi connectivity index (χ0) is 10.3. The van der Waals surface area contributed by atoms with Gasteiger partial charge < -0.3 is 0 Å². The summed E-state index contributed by atoms with van der Waals surface area (Å²) in [5.74, 6) is 0.226. The van der Waals surface area contributed by atoms with Crippen LogP contribution >= 0.6 is 0 Å². The van der Waals surface area contributed by atoms with Gasteiger partial charge in [0.1, 0.15) is 0 Å². The van der Waals surface area contributed by atoms with Crippen LogP contribution in [-0.4, -0.2) is 0 Å². The fraction of sp³-hybridized carbons (Fsp3) is 0.462. The Hall–Kier alpha value is -1.29. The molecule has 0 N–H and O–H groups in total. The molecular formula is C13H15N. The highest BCUT2D eigenvalue weighted by atomic mass is 14.5. The van der Waals surface area contributed by atoms with E-state index in [1.165, 1.54) is 16.7 Å². The molecule has 72 valence electrons. The lowest BCUT2D eigenvalue weighted by molar-refractivity contribution is 0.734. The highest BCUT2D eigenvalue weighted by Crippen LogP contribution is 2.54. The molecule has 0 bridgehead atoms. The van der Waals surface area contributed by atoms with Crippen molar-refractivity contribution in [1.82, 2.24) is 0 Å². The average molecular weight is 185 g/mol. The number of aryl methyl sites for hydroxylation is 2. The van der Waals surface area contributed by atoms with Crippen molar-refractivity contribution >= 4 is 0 Å². The molecule has 1 aromatic rings. The minimum Gasteiger partial charge on any atom is -0.198 e. The van der Waals surface area contributed by atoms with Crippen LogP contribution in [-0.2, 0) is 5.41 Å². The molecule has 0 radical (unpaired) electrons. The van der Waals surface area contributed by atoms with Crippen molar-refractivity contribution in [3.8, 4) is 6.07 Å². The molecular weight excluding hydrogens is 170 g/mol. The van der Waals surface area contributed by atoms with E-state index in [4.69, 9.17) is 5.26 Å². The van der Waals surface area contributed by atoms with Crippen molar-refractivity contribution in [3.63, 3.8) is 0 Å². The molecule has 2 unspecified atom stereocenters. The summed E-state index contributed by atoms with van der Waals surface area (Å²) in [6.45, 7) is 6.44. The molecule has 2 atom stereocenters. The van der Waals surface area contributed by atoms with E-state index < -0.39 is 0 Å². The molecule has 14 heavy (non-hydrogen) atoms. The van der Waals surface area contributed by atoms with Crippen LogP contribution in [0.1, 0.15) is 30.0 Å². The third kappa shape index (κ3) is 1.23. The molecule has 0 aliphatic heterocycles. The number of benzene rings is 1. The number of nitriles is 1. The average Bonchev–Trinajstić information content (AvgIpc) is 2.77. The summed E-state index contributed by atoms with van der Waals surface area (Å²) in [5, 5.41) is 8.90. The second-order valence-electron chi connectivity index (χ2n) is 4.62. The zero-order valence-corrected chi connectivity index (χ0v) is 8.96. The maximum absolute atomic E-state index is 8.90. The molecule has 0 spiro atoms. The van der Waals surface area contributed by atoms with E-state index in [1.807, 2.05) is 0 Å². The van der Waals surface area contributed by atoms with Crippen LogP contribution in [0.3, 0.4) is 0 Å². The number of nitrogens with zero attached hydrogens (tertiary/aromatic N) is 1. The van der Waals surface area contributed by atoms with Gasteiger partial charge in [-0.3, -0.25) is 0 Å². The molecule has 1 saturated carbocycles. The summed E-state index contributed by atoms with van der Waals surface area (Å²) in [7, 11) is 0. The van der Waals surface area contributed by atoms with Gasteiger partial charge in [-0.05, 0) is 31.4 Å². The smallest absolute Gasteiger partial charge is 0.0665 e. The first-order valence-electron chi connectivity index (χ1n) is 5.05. The van der Waals surface area contributed by atoms with E-state index in [2.05, 4.69) is 45.0 Å². The maximum atomic E-state index is 8.90. The van der Waals surface area contributed by atoms with Crippen molar-refractivity contribution in [2.45, 2.75) is 32.6 Å². The van der Waals surface area contributed by atoms with Gasteiger partial charge in [0.2, 0.25) is 0 Å². The van der Waals surface area contributed by atoms with Gasteiger partial charge in [0.25, 0.3) is 0 Å². The maximum Gasteiger partial charge on any atom is 0.0665 e. The Bertz CT molecular complexity index is 414. The summed E-state index contributed by atoms with van der Waals surface area (Å²) < 4.78 is 0. The minimum atomic E-state index is 0.131. The van der Waals surface area contributed by atoms with E-state index in [1.54, 1.807) is 0 Å². The summed E-state index contributed by atoms with van der Waals surface area (Å²) in [6.07, 6.45) is 1.02. The van der Waals surface area contributed by atoms with Gasteiger partial charge in [0.15, 0.2) is 0 Å². The standard InChI is InChI=1S/C13H15N/c1-9-4-5-12(10(2)6-9)13(3)7-11(13)8-14/h4-6,11H,7H2,1-3H3. The Morgan fingerprint density at radius 3 is 2.64 bits per heavy atom. The predicted molar refractivity (Wildman–Crippen MR) is 57.0 cm³/mol. The van der Waals surface area contributed by atoms with E-state index in [-0.39, 0.29) is 11.3 Å². The monoisotopic (exact) mass is 185 g/mol. The summed E-state index contributed by atoms with van der Waals surface area (Å²) in [5.41, 5.74) is 4.11. The third-order valence-electron chi connectivity index (χ3n) is 3.39. The lowest BCUT2D eigenvalue weighted by atomic mass is 9.91. The van der Waals surface area contributed by atoms with Crippen LogP contribution in [0.15, 0.2) is 18.2 Å². The highest BCUT2D eigenvalue weighted by molar-refractivity contribution is 5.42. The molecule has 0 heterocycles. The molecule has 1 aliphatic rings. The van der Waals surface area contributed by atoms with E-state index in [0.717, 1.165) is 6.42 Å². The van der Waals surface area contributed by atoms with Gasteiger partial charge in [0, 0.05) is 5.41 Å². The van der Waals surface area contributed by atoms with Crippen LogP contribution in [0, 0.1) is 31.1 Å². The molecule has 1 aliphatic carbocycles. The molecule has 0 saturated heterocycles. The molecule has 0 aromatic heterocycles. The summed E-state index contributed by atoms with van der Waals surface area (Å²) in [4.78, 5) is 0. The quantitative estimate of drug-likeness (QED) is 0.659. The number of hydrogen-bond donors (Lipinski definition) is 0. The summed E-state index contributed by atoms with van der Waals surface area (Å²) in [6, 6.07) is 8.89. The first-order valence-corrected chi connectivity index (χ1v) is 5.05. The second kappa shape index (κ2) is 2.85. The van der Waals surface area contributed by atoms with Crippen molar-refractivity contribution in [3.05, 3.63) is 34.9 Å². The topological polar surface area (TPSA) is 23.8 Å². The van der Waals surface area contributed by atoms with Crippen LogP contribution in [0.25, 0.3) is 0 Å². The minimum absolute atomic E-state index is 0.131. The highest BCUT2D eigenvalue weighted by Gasteiger charge is 2.52. The fourth-order valence-corrected chi connectivity index (χ4v) is 2.31. The Kier molecular flexibility index (Phi) is 1.89. The van der Waals surface area contributed by atoms with E-state index >= 15 is 0 Å². The lowest BCUT2D eigenvalue weighted by Crippen LogP contribution is -2.06. The van der Waals surface area contributed by atoms with E-state index in [0.29, 0.717) is 0 Å².